The summed E-state index contributed by atoms with van der Waals surface area (Å²) in [7, 11) is 0. The summed E-state index contributed by atoms with van der Waals surface area (Å²) in [6, 6.07) is 1.90. The van der Waals surface area contributed by atoms with E-state index in [2.05, 4.69) is 20.3 Å². The van der Waals surface area contributed by atoms with Gasteiger partial charge < -0.3 is 5.32 Å². The first kappa shape index (κ1) is 11.8. The lowest BCUT2D eigenvalue weighted by Gasteiger charge is -2.15. The van der Waals surface area contributed by atoms with Crippen LogP contribution in [0.5, 0.6) is 0 Å². The normalized spacial score (nSPS) is 12.2. The zero-order valence-electron chi connectivity index (χ0n) is 9.68. The molecule has 17 heavy (non-hydrogen) atoms. The summed E-state index contributed by atoms with van der Waals surface area (Å²) in [5.41, 5.74) is 2.90. The molecule has 0 aromatic carbocycles. The van der Waals surface area contributed by atoms with Crippen LogP contribution in [0, 0.1) is 6.92 Å². The minimum atomic E-state index is 0.0744. The Morgan fingerprint density at radius 2 is 2.06 bits per heavy atom. The third-order valence-corrected chi connectivity index (χ3v) is 2.68. The number of nitrogens with zero attached hydrogens (tertiary/aromatic N) is 3. The van der Waals surface area contributed by atoms with Gasteiger partial charge in [-0.2, -0.15) is 0 Å². The molecule has 0 saturated carbocycles. The van der Waals surface area contributed by atoms with Crippen molar-refractivity contribution in [3.63, 3.8) is 0 Å². The van der Waals surface area contributed by atoms with E-state index in [1.54, 1.807) is 24.8 Å². The van der Waals surface area contributed by atoms with Gasteiger partial charge in [0, 0.05) is 12.4 Å². The van der Waals surface area contributed by atoms with E-state index in [-0.39, 0.29) is 6.04 Å². The van der Waals surface area contributed by atoms with Crippen molar-refractivity contribution in [1.82, 2.24) is 15.0 Å². The van der Waals surface area contributed by atoms with E-state index in [9.17, 15) is 0 Å². The Kier molecular flexibility index (Phi) is 3.54. The smallest absolute Gasteiger partial charge is 0.129 e. The van der Waals surface area contributed by atoms with Crippen LogP contribution in [0.2, 0.25) is 5.15 Å². The van der Waals surface area contributed by atoms with Crippen LogP contribution in [-0.2, 0) is 0 Å². The van der Waals surface area contributed by atoms with E-state index in [0.29, 0.717) is 5.15 Å². The summed E-state index contributed by atoms with van der Waals surface area (Å²) >= 11 is 5.81. The minimum Gasteiger partial charge on any atom is -0.375 e. The van der Waals surface area contributed by atoms with Gasteiger partial charge in [-0.25, -0.2) is 4.98 Å². The highest BCUT2D eigenvalue weighted by Gasteiger charge is 2.08. The molecule has 88 valence electrons. The largest absolute Gasteiger partial charge is 0.375 e. The lowest BCUT2D eigenvalue weighted by atomic mass is 10.2. The van der Waals surface area contributed by atoms with Crippen molar-refractivity contribution >= 4 is 17.3 Å². The van der Waals surface area contributed by atoms with Gasteiger partial charge in [-0.1, -0.05) is 11.6 Å². The second kappa shape index (κ2) is 5.10. The van der Waals surface area contributed by atoms with E-state index >= 15 is 0 Å². The van der Waals surface area contributed by atoms with Gasteiger partial charge in [-0.3, -0.25) is 9.97 Å². The Morgan fingerprint density at radius 1 is 1.24 bits per heavy atom. The molecule has 0 amide bonds. The number of anilines is 1. The van der Waals surface area contributed by atoms with E-state index < -0.39 is 0 Å². The third kappa shape index (κ3) is 2.91. The number of hydrogen-bond donors (Lipinski definition) is 1. The van der Waals surface area contributed by atoms with Crippen molar-refractivity contribution in [2.75, 3.05) is 5.32 Å². The molecule has 0 aliphatic carbocycles. The Labute approximate surface area is 105 Å². The number of aryl methyl sites for hydroxylation is 1. The van der Waals surface area contributed by atoms with E-state index in [1.807, 2.05) is 19.9 Å². The van der Waals surface area contributed by atoms with Gasteiger partial charge in [0.1, 0.15) is 5.15 Å². The van der Waals surface area contributed by atoms with Crippen molar-refractivity contribution in [1.29, 1.82) is 0 Å². The molecule has 1 atom stereocenters. The Bertz CT molecular complexity index is 501. The summed E-state index contributed by atoms with van der Waals surface area (Å²) in [5.74, 6) is 0. The maximum atomic E-state index is 5.81. The average molecular weight is 249 g/mol. The third-order valence-electron chi connectivity index (χ3n) is 2.48. The number of pyridine rings is 1. The molecular weight excluding hydrogens is 236 g/mol. The average Bonchev–Trinajstić information content (AvgIpc) is 2.34. The number of rotatable bonds is 3. The SMILES string of the molecule is Cc1cc(Cl)ncc1NC(C)c1cnccn1. The molecule has 2 heterocycles. The lowest BCUT2D eigenvalue weighted by molar-refractivity contribution is 0.825. The second-order valence-electron chi connectivity index (χ2n) is 3.82. The minimum absolute atomic E-state index is 0.0744. The van der Waals surface area contributed by atoms with Crippen molar-refractivity contribution in [2.24, 2.45) is 0 Å². The van der Waals surface area contributed by atoms with Gasteiger partial charge in [0.15, 0.2) is 0 Å². The zero-order valence-corrected chi connectivity index (χ0v) is 10.4. The molecule has 4 nitrogen and oxygen atoms in total. The topological polar surface area (TPSA) is 50.7 Å². The van der Waals surface area contributed by atoms with Crippen LogP contribution >= 0.6 is 11.6 Å². The summed E-state index contributed by atoms with van der Waals surface area (Å²) in [5, 5.41) is 3.83. The number of halogens is 1. The molecule has 2 aromatic heterocycles. The van der Waals surface area contributed by atoms with Crippen molar-refractivity contribution in [3.05, 3.63) is 47.3 Å². The van der Waals surface area contributed by atoms with Crippen LogP contribution in [0.15, 0.2) is 30.9 Å². The zero-order chi connectivity index (χ0) is 12.3. The van der Waals surface area contributed by atoms with Gasteiger partial charge >= 0.3 is 0 Å². The number of hydrogen-bond acceptors (Lipinski definition) is 4. The highest BCUT2D eigenvalue weighted by atomic mass is 35.5. The van der Waals surface area contributed by atoms with Crippen molar-refractivity contribution in [3.8, 4) is 0 Å². The molecule has 0 saturated heterocycles. The molecule has 0 bridgehead atoms. The maximum Gasteiger partial charge on any atom is 0.129 e. The maximum absolute atomic E-state index is 5.81. The quantitative estimate of drug-likeness (QED) is 0.849. The van der Waals surface area contributed by atoms with Crippen molar-refractivity contribution in [2.45, 2.75) is 19.9 Å². The standard InChI is InChI=1S/C12H13ClN4/c1-8-5-12(13)16-7-10(8)17-9(2)11-6-14-3-4-15-11/h3-7,9,17H,1-2H3. The van der Waals surface area contributed by atoms with Crippen LogP contribution in [0.4, 0.5) is 5.69 Å². The summed E-state index contributed by atoms with van der Waals surface area (Å²) in [6.07, 6.45) is 6.81. The predicted molar refractivity (Wildman–Crippen MR) is 68.1 cm³/mol. The second-order valence-corrected chi connectivity index (χ2v) is 4.21. The Morgan fingerprint density at radius 3 is 2.71 bits per heavy atom. The highest BCUT2D eigenvalue weighted by Crippen LogP contribution is 2.21. The van der Waals surface area contributed by atoms with Gasteiger partial charge in [0.05, 0.1) is 29.8 Å². The van der Waals surface area contributed by atoms with E-state index in [4.69, 9.17) is 11.6 Å². The Hall–Kier alpha value is -1.68. The van der Waals surface area contributed by atoms with Crippen LogP contribution in [0.3, 0.4) is 0 Å². The highest BCUT2D eigenvalue weighted by molar-refractivity contribution is 6.29. The molecule has 2 rings (SSSR count). The van der Waals surface area contributed by atoms with Crippen LogP contribution in [0.25, 0.3) is 0 Å². The summed E-state index contributed by atoms with van der Waals surface area (Å²) < 4.78 is 0. The molecule has 0 aliphatic heterocycles. The van der Waals surface area contributed by atoms with E-state index in [0.717, 1.165) is 16.9 Å². The molecule has 0 aliphatic rings. The van der Waals surface area contributed by atoms with Gasteiger partial charge in [0.25, 0.3) is 0 Å². The molecule has 0 spiro atoms. The first-order valence-electron chi connectivity index (χ1n) is 5.31. The molecule has 1 N–H and O–H groups in total. The summed E-state index contributed by atoms with van der Waals surface area (Å²) in [4.78, 5) is 12.3. The molecule has 0 radical (unpaired) electrons. The molecular formula is C12H13ClN4. The Balaban J connectivity index is 2.16. The van der Waals surface area contributed by atoms with Crippen LogP contribution in [0.1, 0.15) is 24.2 Å². The van der Waals surface area contributed by atoms with Gasteiger partial charge in [-0.15, -0.1) is 0 Å². The monoisotopic (exact) mass is 248 g/mol. The fourth-order valence-corrected chi connectivity index (χ4v) is 1.73. The fraction of sp³-hybridized carbons (Fsp3) is 0.250. The van der Waals surface area contributed by atoms with Crippen molar-refractivity contribution < 1.29 is 0 Å². The van der Waals surface area contributed by atoms with Crippen LogP contribution < -0.4 is 5.32 Å². The lowest BCUT2D eigenvalue weighted by Crippen LogP contribution is -2.09. The van der Waals surface area contributed by atoms with E-state index in [1.165, 1.54) is 0 Å². The molecule has 0 fully saturated rings. The van der Waals surface area contributed by atoms with Gasteiger partial charge in [0.2, 0.25) is 0 Å². The molecule has 1 unspecified atom stereocenters. The molecule has 2 aromatic rings. The predicted octanol–water partition coefficient (Wildman–Crippen LogP) is 3.01. The van der Waals surface area contributed by atoms with Gasteiger partial charge in [-0.05, 0) is 25.5 Å². The number of aromatic nitrogens is 3. The number of nitrogens with one attached hydrogen (secondary N) is 1. The molecule has 5 heteroatoms. The fourth-order valence-electron chi connectivity index (χ4n) is 1.51. The first-order valence-corrected chi connectivity index (χ1v) is 5.69. The first-order chi connectivity index (χ1) is 8.16. The summed E-state index contributed by atoms with van der Waals surface area (Å²) in [6.45, 7) is 4.01. The van der Waals surface area contributed by atoms with Crippen LogP contribution in [-0.4, -0.2) is 15.0 Å².